The number of carbonyl (C=O) groups is 2. The Hall–Kier alpha value is -2.67. The molecule has 0 saturated carbocycles. The number of benzene rings is 2. The number of carbonyl (C=O) groups excluding carboxylic acids is 2. The van der Waals surface area contributed by atoms with Crippen molar-refractivity contribution in [3.8, 4) is 11.1 Å². The summed E-state index contributed by atoms with van der Waals surface area (Å²) in [7, 11) is -3.10. The molecule has 1 fully saturated rings. The van der Waals surface area contributed by atoms with Crippen LogP contribution in [0.4, 0.5) is 0 Å². The van der Waals surface area contributed by atoms with E-state index in [4.69, 9.17) is 4.74 Å². The minimum atomic E-state index is -3.10. The standard InChI is InChI=1S/C21H23NO5S/c1-2-22(17-12-13-28(25,26)15-17)20(23)14-27-21(24)19-11-7-6-10-18(19)16-8-4-3-5-9-16/h3-11,17H,2,12-15H2,1H3/t17-/m0/s1. The molecule has 0 N–H and O–H groups in total. The smallest absolute Gasteiger partial charge is 0.339 e. The summed E-state index contributed by atoms with van der Waals surface area (Å²) in [5.74, 6) is -0.902. The summed E-state index contributed by atoms with van der Waals surface area (Å²) in [6.07, 6.45) is 0.423. The molecule has 2 aromatic carbocycles. The first kappa shape index (κ1) is 20.1. The average molecular weight is 401 g/mol. The van der Waals surface area contributed by atoms with Crippen molar-refractivity contribution in [2.24, 2.45) is 0 Å². The number of hydrogen-bond acceptors (Lipinski definition) is 5. The van der Waals surface area contributed by atoms with E-state index in [0.29, 0.717) is 18.5 Å². The molecule has 0 bridgehead atoms. The van der Waals surface area contributed by atoms with Gasteiger partial charge in [-0.1, -0.05) is 48.5 Å². The van der Waals surface area contributed by atoms with Crippen molar-refractivity contribution in [3.05, 3.63) is 60.2 Å². The van der Waals surface area contributed by atoms with Crippen molar-refractivity contribution in [3.63, 3.8) is 0 Å². The van der Waals surface area contributed by atoms with Gasteiger partial charge in [0.1, 0.15) is 0 Å². The molecule has 1 saturated heterocycles. The van der Waals surface area contributed by atoms with Crippen LogP contribution in [-0.4, -0.2) is 55.9 Å². The van der Waals surface area contributed by atoms with Crippen LogP contribution in [0.1, 0.15) is 23.7 Å². The minimum absolute atomic E-state index is 0.0304. The molecule has 0 aliphatic carbocycles. The SMILES string of the molecule is CCN(C(=O)COC(=O)c1ccccc1-c1ccccc1)[C@H]1CCS(=O)(=O)C1. The van der Waals surface area contributed by atoms with E-state index in [9.17, 15) is 18.0 Å². The van der Waals surface area contributed by atoms with E-state index in [-0.39, 0.29) is 23.5 Å². The van der Waals surface area contributed by atoms with Crippen molar-refractivity contribution in [1.29, 1.82) is 0 Å². The number of likely N-dealkylation sites (N-methyl/N-ethyl adjacent to an activating group) is 1. The number of hydrogen-bond donors (Lipinski definition) is 0. The van der Waals surface area contributed by atoms with Crippen LogP contribution in [0.2, 0.25) is 0 Å². The summed E-state index contributed by atoms with van der Waals surface area (Å²) in [5, 5.41) is 0. The van der Waals surface area contributed by atoms with Crippen LogP contribution >= 0.6 is 0 Å². The molecular formula is C21H23NO5S. The van der Waals surface area contributed by atoms with E-state index >= 15 is 0 Å². The molecule has 0 spiro atoms. The third kappa shape index (κ3) is 4.59. The van der Waals surface area contributed by atoms with Crippen molar-refractivity contribution >= 4 is 21.7 Å². The monoisotopic (exact) mass is 401 g/mol. The number of nitrogens with zero attached hydrogens (tertiary/aromatic N) is 1. The molecule has 1 amide bonds. The van der Waals surface area contributed by atoms with Gasteiger partial charge >= 0.3 is 5.97 Å². The van der Waals surface area contributed by atoms with Crippen molar-refractivity contribution in [1.82, 2.24) is 4.90 Å². The Morgan fingerprint density at radius 2 is 1.75 bits per heavy atom. The van der Waals surface area contributed by atoms with Gasteiger partial charge in [-0.05, 0) is 30.5 Å². The number of sulfone groups is 1. The van der Waals surface area contributed by atoms with Crippen LogP contribution in [0.3, 0.4) is 0 Å². The predicted octanol–water partition coefficient (Wildman–Crippen LogP) is 2.55. The van der Waals surface area contributed by atoms with Gasteiger partial charge in [-0.3, -0.25) is 4.79 Å². The van der Waals surface area contributed by atoms with Gasteiger partial charge in [-0.2, -0.15) is 0 Å². The second-order valence-corrected chi connectivity index (χ2v) is 8.95. The Bertz CT molecular complexity index is 956. The molecule has 28 heavy (non-hydrogen) atoms. The zero-order valence-electron chi connectivity index (χ0n) is 15.7. The first-order valence-electron chi connectivity index (χ1n) is 9.22. The molecule has 2 aromatic rings. The zero-order chi connectivity index (χ0) is 20.1. The fourth-order valence-electron chi connectivity index (χ4n) is 3.48. The maximum atomic E-state index is 12.6. The molecule has 1 heterocycles. The van der Waals surface area contributed by atoms with E-state index in [1.165, 1.54) is 4.90 Å². The van der Waals surface area contributed by atoms with Crippen molar-refractivity contribution in [2.45, 2.75) is 19.4 Å². The van der Waals surface area contributed by atoms with E-state index in [1.807, 2.05) is 42.5 Å². The minimum Gasteiger partial charge on any atom is -0.452 e. The van der Waals surface area contributed by atoms with E-state index in [0.717, 1.165) is 11.1 Å². The predicted molar refractivity (Wildman–Crippen MR) is 107 cm³/mol. The molecule has 0 aromatic heterocycles. The lowest BCUT2D eigenvalue weighted by atomic mass is 10.00. The Balaban J connectivity index is 1.68. The summed E-state index contributed by atoms with van der Waals surface area (Å²) in [4.78, 5) is 26.6. The Labute approximate surface area is 165 Å². The van der Waals surface area contributed by atoms with Gasteiger partial charge in [0.2, 0.25) is 0 Å². The van der Waals surface area contributed by atoms with E-state index in [1.54, 1.807) is 19.1 Å². The van der Waals surface area contributed by atoms with Crippen molar-refractivity contribution < 1.29 is 22.7 Å². The number of rotatable bonds is 6. The normalized spacial score (nSPS) is 17.8. The average Bonchev–Trinajstić information content (AvgIpc) is 3.06. The maximum absolute atomic E-state index is 12.6. The topological polar surface area (TPSA) is 80.8 Å². The first-order chi connectivity index (χ1) is 13.4. The molecule has 7 heteroatoms. The molecule has 3 rings (SSSR count). The van der Waals surface area contributed by atoms with Gasteiger partial charge < -0.3 is 9.64 Å². The summed E-state index contributed by atoms with van der Waals surface area (Å²) >= 11 is 0. The lowest BCUT2D eigenvalue weighted by molar-refractivity contribution is -0.136. The van der Waals surface area contributed by atoms with Gasteiger partial charge in [0.15, 0.2) is 16.4 Å². The summed E-state index contributed by atoms with van der Waals surface area (Å²) < 4.78 is 28.6. The molecule has 1 aliphatic heterocycles. The van der Waals surface area contributed by atoms with Gasteiger partial charge in [-0.15, -0.1) is 0 Å². The quantitative estimate of drug-likeness (QED) is 0.695. The summed E-state index contributed by atoms with van der Waals surface area (Å²) in [6, 6.07) is 16.2. The van der Waals surface area contributed by atoms with Crippen LogP contribution in [0.5, 0.6) is 0 Å². The molecule has 1 aliphatic rings. The first-order valence-corrected chi connectivity index (χ1v) is 11.0. The number of amides is 1. The zero-order valence-corrected chi connectivity index (χ0v) is 16.5. The highest BCUT2D eigenvalue weighted by Crippen LogP contribution is 2.24. The molecule has 1 atom stereocenters. The van der Waals surface area contributed by atoms with Crippen LogP contribution in [0, 0.1) is 0 Å². The molecule has 148 valence electrons. The molecular weight excluding hydrogens is 378 g/mol. The number of esters is 1. The fraction of sp³-hybridized carbons (Fsp3) is 0.333. The second kappa shape index (κ2) is 8.56. The second-order valence-electron chi connectivity index (χ2n) is 6.72. The van der Waals surface area contributed by atoms with Gasteiger partial charge in [0.25, 0.3) is 5.91 Å². The Morgan fingerprint density at radius 3 is 2.39 bits per heavy atom. The Kier molecular flexibility index (Phi) is 6.14. The highest BCUT2D eigenvalue weighted by molar-refractivity contribution is 7.91. The van der Waals surface area contributed by atoms with Crippen LogP contribution < -0.4 is 0 Å². The molecule has 0 radical (unpaired) electrons. The molecule has 0 unspecified atom stereocenters. The highest BCUT2D eigenvalue weighted by atomic mass is 32.2. The third-order valence-electron chi connectivity index (χ3n) is 4.87. The number of ether oxygens (including phenoxy) is 1. The van der Waals surface area contributed by atoms with Crippen molar-refractivity contribution in [2.75, 3.05) is 24.7 Å². The van der Waals surface area contributed by atoms with Gasteiger partial charge in [0.05, 0.1) is 17.1 Å². The summed E-state index contributed by atoms with van der Waals surface area (Å²) in [5.41, 5.74) is 2.00. The van der Waals surface area contributed by atoms with Crippen LogP contribution in [0.15, 0.2) is 54.6 Å². The fourth-order valence-corrected chi connectivity index (χ4v) is 5.21. The largest absolute Gasteiger partial charge is 0.452 e. The van der Waals surface area contributed by atoms with E-state index in [2.05, 4.69) is 0 Å². The van der Waals surface area contributed by atoms with Gasteiger partial charge in [-0.25, -0.2) is 13.2 Å². The third-order valence-corrected chi connectivity index (χ3v) is 6.62. The lowest BCUT2D eigenvalue weighted by Crippen LogP contribution is -2.43. The maximum Gasteiger partial charge on any atom is 0.339 e. The highest BCUT2D eigenvalue weighted by Gasteiger charge is 2.34. The Morgan fingerprint density at radius 1 is 1.07 bits per heavy atom. The van der Waals surface area contributed by atoms with Crippen LogP contribution in [-0.2, 0) is 19.4 Å². The van der Waals surface area contributed by atoms with Gasteiger partial charge in [0, 0.05) is 12.6 Å². The lowest BCUT2D eigenvalue weighted by Gasteiger charge is -2.26. The van der Waals surface area contributed by atoms with E-state index < -0.39 is 22.4 Å². The van der Waals surface area contributed by atoms with Crippen LogP contribution in [0.25, 0.3) is 11.1 Å². The summed E-state index contributed by atoms with van der Waals surface area (Å²) in [6.45, 7) is 1.75. The molecule has 6 nitrogen and oxygen atoms in total.